The summed E-state index contributed by atoms with van der Waals surface area (Å²) in [6.07, 6.45) is 3.20. The molecule has 1 unspecified atom stereocenters. The third-order valence-corrected chi connectivity index (χ3v) is 5.73. The van der Waals surface area contributed by atoms with Gasteiger partial charge in [-0.05, 0) is 55.3 Å². The maximum Gasteiger partial charge on any atom is 0.295 e. The van der Waals surface area contributed by atoms with Gasteiger partial charge in [-0.25, -0.2) is 0 Å². The van der Waals surface area contributed by atoms with Gasteiger partial charge in [-0.15, -0.1) is 0 Å². The normalized spacial score (nSPS) is 17.3. The molecule has 182 valence electrons. The van der Waals surface area contributed by atoms with Crippen molar-refractivity contribution in [3.63, 3.8) is 0 Å². The molecule has 1 heterocycles. The number of likely N-dealkylation sites (tertiary alicyclic amines) is 1. The van der Waals surface area contributed by atoms with Crippen molar-refractivity contribution < 1.29 is 28.9 Å². The molecular formula is C27H33NO6. The maximum absolute atomic E-state index is 13.0. The fourth-order valence-electron chi connectivity index (χ4n) is 3.97. The van der Waals surface area contributed by atoms with Crippen molar-refractivity contribution in [1.29, 1.82) is 0 Å². The summed E-state index contributed by atoms with van der Waals surface area (Å²) in [7, 11) is 1.54. The van der Waals surface area contributed by atoms with Crippen LogP contribution in [0, 0.1) is 0 Å². The number of aliphatic hydroxyl groups is 1. The van der Waals surface area contributed by atoms with E-state index in [0.717, 1.165) is 19.3 Å². The van der Waals surface area contributed by atoms with E-state index in [1.807, 2.05) is 19.1 Å². The van der Waals surface area contributed by atoms with Gasteiger partial charge in [-0.2, -0.15) is 0 Å². The summed E-state index contributed by atoms with van der Waals surface area (Å²) in [4.78, 5) is 27.3. The molecule has 0 aliphatic carbocycles. The van der Waals surface area contributed by atoms with E-state index in [4.69, 9.17) is 14.2 Å². The van der Waals surface area contributed by atoms with Crippen LogP contribution in [0.5, 0.6) is 11.5 Å². The van der Waals surface area contributed by atoms with E-state index in [1.165, 1.54) is 12.0 Å². The number of Topliss-reactive ketones (excluding diaryl/α,β-unsaturated/α-hetero) is 1. The number of methoxy groups -OCH3 is 1. The molecule has 1 aliphatic heterocycles. The van der Waals surface area contributed by atoms with Crippen molar-refractivity contribution in [2.75, 3.05) is 33.5 Å². The minimum absolute atomic E-state index is 0.0573. The minimum Gasteiger partial charge on any atom is -0.507 e. The first-order chi connectivity index (χ1) is 16.5. The summed E-state index contributed by atoms with van der Waals surface area (Å²) in [5.41, 5.74) is 1.21. The topological polar surface area (TPSA) is 85.3 Å². The second-order valence-corrected chi connectivity index (χ2v) is 8.07. The number of carbonyl (C=O) groups is 2. The zero-order valence-corrected chi connectivity index (χ0v) is 20.1. The van der Waals surface area contributed by atoms with Gasteiger partial charge < -0.3 is 24.2 Å². The van der Waals surface area contributed by atoms with E-state index in [0.29, 0.717) is 35.8 Å². The lowest BCUT2D eigenvalue weighted by molar-refractivity contribution is -0.140. The first-order valence-electron chi connectivity index (χ1n) is 11.7. The number of rotatable bonds is 12. The molecule has 2 aromatic rings. The Hall–Kier alpha value is -3.32. The molecule has 7 heteroatoms. The second kappa shape index (κ2) is 12.2. The Morgan fingerprint density at radius 1 is 0.912 bits per heavy atom. The number of ketones is 1. The van der Waals surface area contributed by atoms with Crippen LogP contribution in [0.15, 0.2) is 54.1 Å². The van der Waals surface area contributed by atoms with Crippen LogP contribution < -0.4 is 9.47 Å². The van der Waals surface area contributed by atoms with Crippen molar-refractivity contribution >= 4 is 17.4 Å². The minimum atomic E-state index is -0.726. The lowest BCUT2D eigenvalue weighted by Crippen LogP contribution is -2.32. The summed E-state index contributed by atoms with van der Waals surface area (Å²) in [5.74, 6) is -0.207. The number of amides is 1. The Bertz CT molecular complexity index is 997. The van der Waals surface area contributed by atoms with Crippen molar-refractivity contribution in [2.45, 2.75) is 39.2 Å². The number of aliphatic hydroxyl groups excluding tert-OH is 1. The van der Waals surface area contributed by atoms with Gasteiger partial charge in [-0.3, -0.25) is 9.59 Å². The summed E-state index contributed by atoms with van der Waals surface area (Å²) in [6.45, 7) is 5.68. The largest absolute Gasteiger partial charge is 0.507 e. The molecular weight excluding hydrogens is 434 g/mol. The van der Waals surface area contributed by atoms with Crippen LogP contribution in [0.2, 0.25) is 0 Å². The number of carbonyl (C=O) groups excluding carboxylic acids is 2. The van der Waals surface area contributed by atoms with E-state index in [9.17, 15) is 14.7 Å². The van der Waals surface area contributed by atoms with Crippen molar-refractivity contribution in [3.8, 4) is 11.5 Å². The maximum atomic E-state index is 13.0. The predicted octanol–water partition coefficient (Wildman–Crippen LogP) is 4.72. The van der Waals surface area contributed by atoms with Gasteiger partial charge in [0.15, 0.2) is 0 Å². The number of unbranched alkanes of at least 4 members (excludes halogenated alkanes) is 2. The Labute approximate surface area is 200 Å². The van der Waals surface area contributed by atoms with Crippen LogP contribution in [-0.4, -0.2) is 55.2 Å². The Morgan fingerprint density at radius 2 is 1.56 bits per heavy atom. The molecule has 7 nitrogen and oxygen atoms in total. The summed E-state index contributed by atoms with van der Waals surface area (Å²) in [6, 6.07) is 13.4. The zero-order chi connectivity index (χ0) is 24.5. The molecule has 0 saturated carbocycles. The standard InChI is InChI=1S/C27H33NO6/c1-4-6-7-17-34-22-14-10-20(11-15-22)25(29)23-24(19-8-12-21(13-9-19)33-5-2)28(16-18-32-3)27(31)26(23)30/h8-15,24,29H,4-7,16-18H2,1-3H3/b25-23-. The molecule has 1 N–H and O–H groups in total. The third kappa shape index (κ3) is 5.78. The van der Waals surface area contributed by atoms with Crippen LogP contribution in [0.3, 0.4) is 0 Å². The van der Waals surface area contributed by atoms with Crippen LogP contribution in [0.1, 0.15) is 50.3 Å². The van der Waals surface area contributed by atoms with Crippen LogP contribution in [0.25, 0.3) is 5.76 Å². The van der Waals surface area contributed by atoms with Gasteiger partial charge in [0.1, 0.15) is 17.3 Å². The molecule has 1 saturated heterocycles. The van der Waals surface area contributed by atoms with Crippen LogP contribution >= 0.6 is 0 Å². The molecule has 1 atom stereocenters. The van der Waals surface area contributed by atoms with E-state index < -0.39 is 17.7 Å². The van der Waals surface area contributed by atoms with E-state index in [-0.39, 0.29) is 24.5 Å². The first kappa shape index (κ1) is 25.3. The lowest BCUT2D eigenvalue weighted by atomic mass is 9.95. The Kier molecular flexibility index (Phi) is 9.10. The Balaban J connectivity index is 1.94. The molecule has 0 spiro atoms. The van der Waals surface area contributed by atoms with Gasteiger partial charge in [0, 0.05) is 19.2 Å². The highest BCUT2D eigenvalue weighted by Gasteiger charge is 2.45. The predicted molar refractivity (Wildman–Crippen MR) is 130 cm³/mol. The van der Waals surface area contributed by atoms with Crippen molar-refractivity contribution in [1.82, 2.24) is 4.90 Å². The molecule has 0 aromatic heterocycles. The van der Waals surface area contributed by atoms with Gasteiger partial charge in [0.2, 0.25) is 0 Å². The molecule has 34 heavy (non-hydrogen) atoms. The van der Waals surface area contributed by atoms with Crippen molar-refractivity contribution in [2.24, 2.45) is 0 Å². The zero-order valence-electron chi connectivity index (χ0n) is 20.1. The van der Waals surface area contributed by atoms with Gasteiger partial charge in [0.25, 0.3) is 11.7 Å². The van der Waals surface area contributed by atoms with E-state index in [2.05, 4.69) is 6.92 Å². The highest BCUT2D eigenvalue weighted by atomic mass is 16.5. The number of benzene rings is 2. The first-order valence-corrected chi connectivity index (χ1v) is 11.7. The lowest BCUT2D eigenvalue weighted by Gasteiger charge is -2.25. The average Bonchev–Trinajstić information content (AvgIpc) is 3.11. The highest BCUT2D eigenvalue weighted by molar-refractivity contribution is 6.46. The highest BCUT2D eigenvalue weighted by Crippen LogP contribution is 2.39. The van der Waals surface area contributed by atoms with E-state index >= 15 is 0 Å². The number of nitrogens with zero attached hydrogens (tertiary/aromatic N) is 1. The number of ether oxygens (including phenoxy) is 3. The molecule has 3 rings (SSSR count). The van der Waals surface area contributed by atoms with Crippen LogP contribution in [-0.2, 0) is 14.3 Å². The van der Waals surface area contributed by atoms with Crippen molar-refractivity contribution in [3.05, 3.63) is 65.2 Å². The fraction of sp³-hybridized carbons (Fsp3) is 0.407. The molecule has 0 bridgehead atoms. The smallest absolute Gasteiger partial charge is 0.295 e. The monoisotopic (exact) mass is 467 g/mol. The number of hydrogen-bond donors (Lipinski definition) is 1. The quantitative estimate of drug-likeness (QED) is 0.210. The average molecular weight is 468 g/mol. The van der Waals surface area contributed by atoms with E-state index in [1.54, 1.807) is 36.4 Å². The second-order valence-electron chi connectivity index (χ2n) is 8.07. The third-order valence-electron chi connectivity index (χ3n) is 5.73. The molecule has 0 radical (unpaired) electrons. The van der Waals surface area contributed by atoms with Gasteiger partial charge in [-0.1, -0.05) is 31.9 Å². The summed E-state index contributed by atoms with van der Waals surface area (Å²) in [5, 5.41) is 11.1. The molecule has 2 aromatic carbocycles. The number of hydrogen-bond acceptors (Lipinski definition) is 6. The molecule has 1 aliphatic rings. The molecule has 1 amide bonds. The fourth-order valence-corrected chi connectivity index (χ4v) is 3.97. The van der Waals surface area contributed by atoms with Crippen LogP contribution in [0.4, 0.5) is 0 Å². The summed E-state index contributed by atoms with van der Waals surface area (Å²) < 4.78 is 16.4. The summed E-state index contributed by atoms with van der Waals surface area (Å²) >= 11 is 0. The van der Waals surface area contributed by atoms with Gasteiger partial charge >= 0.3 is 0 Å². The Morgan fingerprint density at radius 3 is 2.18 bits per heavy atom. The van der Waals surface area contributed by atoms with Gasteiger partial charge in [0.05, 0.1) is 31.4 Å². The SMILES string of the molecule is CCCCCOc1ccc(/C(O)=C2/C(=O)C(=O)N(CCOC)C2c2ccc(OCC)cc2)cc1. The molecule has 1 fully saturated rings.